The van der Waals surface area contributed by atoms with E-state index in [1.807, 2.05) is 0 Å². The van der Waals surface area contributed by atoms with E-state index < -0.39 is 10.0 Å². The van der Waals surface area contributed by atoms with Gasteiger partial charge in [0.15, 0.2) is 0 Å². The van der Waals surface area contributed by atoms with Crippen LogP contribution in [0.1, 0.15) is 16.9 Å². The zero-order valence-corrected chi connectivity index (χ0v) is 18.5. The second-order valence-electron chi connectivity index (χ2n) is 6.70. The molecule has 0 bridgehead atoms. The van der Waals surface area contributed by atoms with E-state index in [4.69, 9.17) is 13.9 Å². The van der Waals surface area contributed by atoms with E-state index in [0.29, 0.717) is 22.8 Å². The zero-order chi connectivity index (χ0) is 23.0. The molecule has 2 N–H and O–H groups in total. The largest absolute Gasteiger partial charge is 0.497 e. The number of methoxy groups -OCH3 is 2. The molecular formula is C23H24N2O6S. The molecule has 8 nitrogen and oxygen atoms in total. The molecule has 1 heterocycles. The minimum absolute atomic E-state index is 0.0647. The Morgan fingerprint density at radius 1 is 1.03 bits per heavy atom. The Morgan fingerprint density at radius 3 is 2.47 bits per heavy atom. The monoisotopic (exact) mass is 456 g/mol. The molecule has 2 aromatic carbocycles. The number of amides is 1. The molecule has 0 aliphatic rings. The smallest absolute Gasteiger partial charge is 0.244 e. The van der Waals surface area contributed by atoms with E-state index in [1.165, 1.54) is 24.5 Å². The van der Waals surface area contributed by atoms with Crippen molar-refractivity contribution < 1.29 is 27.1 Å². The van der Waals surface area contributed by atoms with Crippen LogP contribution in [-0.4, -0.2) is 28.5 Å². The summed E-state index contributed by atoms with van der Waals surface area (Å²) >= 11 is 0. The maximum absolute atomic E-state index is 12.4. The first kappa shape index (κ1) is 23.1. The number of furan rings is 1. The zero-order valence-electron chi connectivity index (χ0n) is 17.7. The van der Waals surface area contributed by atoms with Gasteiger partial charge in [0.25, 0.3) is 0 Å². The molecule has 0 aliphatic heterocycles. The Kier molecular flexibility index (Phi) is 7.69. The summed E-state index contributed by atoms with van der Waals surface area (Å²) in [5.74, 6) is 1.53. The Labute approximate surface area is 186 Å². The van der Waals surface area contributed by atoms with Gasteiger partial charge in [0.2, 0.25) is 15.9 Å². The van der Waals surface area contributed by atoms with E-state index in [-0.39, 0.29) is 23.9 Å². The molecule has 32 heavy (non-hydrogen) atoms. The van der Waals surface area contributed by atoms with Crippen molar-refractivity contribution in [2.75, 3.05) is 14.2 Å². The number of rotatable bonds is 10. The maximum atomic E-state index is 12.4. The second kappa shape index (κ2) is 10.7. The van der Waals surface area contributed by atoms with Gasteiger partial charge in [0.05, 0.1) is 31.9 Å². The van der Waals surface area contributed by atoms with Gasteiger partial charge in [-0.1, -0.05) is 12.1 Å². The van der Waals surface area contributed by atoms with E-state index in [2.05, 4.69) is 10.0 Å². The first-order chi connectivity index (χ1) is 15.4. The number of nitrogens with one attached hydrogen (secondary N) is 2. The van der Waals surface area contributed by atoms with E-state index in [0.717, 1.165) is 5.56 Å². The second-order valence-corrected chi connectivity index (χ2v) is 8.47. The molecule has 3 rings (SSSR count). The van der Waals surface area contributed by atoms with Crippen molar-refractivity contribution in [1.29, 1.82) is 0 Å². The lowest BCUT2D eigenvalue weighted by atomic mass is 10.2. The van der Waals surface area contributed by atoms with Gasteiger partial charge in [-0.25, -0.2) is 13.1 Å². The molecule has 1 amide bonds. The summed E-state index contributed by atoms with van der Waals surface area (Å²) in [6.45, 7) is 0.331. The van der Waals surface area contributed by atoms with Crippen molar-refractivity contribution in [3.8, 4) is 11.5 Å². The van der Waals surface area contributed by atoms with E-state index in [9.17, 15) is 13.2 Å². The molecule has 0 radical (unpaired) electrons. The van der Waals surface area contributed by atoms with Crippen molar-refractivity contribution in [1.82, 2.24) is 10.0 Å². The average Bonchev–Trinajstić information content (AvgIpc) is 3.34. The number of hydrogen-bond donors (Lipinski definition) is 2. The summed E-state index contributed by atoms with van der Waals surface area (Å²) in [6, 6.07) is 14.9. The molecule has 0 saturated carbocycles. The lowest BCUT2D eigenvalue weighted by Gasteiger charge is -2.10. The molecule has 0 spiro atoms. The number of sulfonamides is 1. The van der Waals surface area contributed by atoms with Crippen molar-refractivity contribution >= 4 is 22.0 Å². The Balaban J connectivity index is 1.56. The summed E-state index contributed by atoms with van der Waals surface area (Å²) in [5, 5.41) is 2.78. The highest BCUT2D eigenvalue weighted by atomic mass is 32.2. The van der Waals surface area contributed by atoms with Gasteiger partial charge in [-0.15, -0.1) is 0 Å². The Bertz CT molecular complexity index is 1170. The van der Waals surface area contributed by atoms with Gasteiger partial charge in [-0.05, 0) is 54.1 Å². The van der Waals surface area contributed by atoms with E-state index in [1.54, 1.807) is 62.8 Å². The first-order valence-electron chi connectivity index (χ1n) is 9.70. The maximum Gasteiger partial charge on any atom is 0.244 e. The van der Waals surface area contributed by atoms with Crippen LogP contribution < -0.4 is 19.5 Å². The normalized spacial score (nSPS) is 11.4. The third-order valence-corrected chi connectivity index (χ3v) is 5.99. The van der Waals surface area contributed by atoms with E-state index >= 15 is 0 Å². The Morgan fingerprint density at radius 2 is 1.81 bits per heavy atom. The summed E-state index contributed by atoms with van der Waals surface area (Å²) < 4.78 is 42.8. The summed E-state index contributed by atoms with van der Waals surface area (Å²) in [5.41, 5.74) is 1.47. The molecule has 1 aromatic heterocycles. The van der Waals surface area contributed by atoms with Gasteiger partial charge in [0, 0.05) is 18.2 Å². The van der Waals surface area contributed by atoms with Crippen molar-refractivity contribution in [2.24, 2.45) is 0 Å². The first-order valence-corrected chi connectivity index (χ1v) is 11.2. The highest BCUT2D eigenvalue weighted by Gasteiger charge is 2.14. The van der Waals surface area contributed by atoms with Crippen LogP contribution in [-0.2, 0) is 27.9 Å². The molecule has 0 aliphatic carbocycles. The van der Waals surface area contributed by atoms with Crippen molar-refractivity contribution in [3.63, 3.8) is 0 Å². The van der Waals surface area contributed by atoms with Gasteiger partial charge >= 0.3 is 0 Å². The predicted octanol–water partition coefficient (Wildman–Crippen LogP) is 3.10. The molecule has 0 atom stereocenters. The standard InChI is InChI=1S/C23H24N2O6S/c1-29-19-8-11-22(30-2)18(14-19)15-24-23(26)12-7-17-5-9-21(10-6-17)32(27,28)25-16-20-4-3-13-31-20/h3-14,25H,15-16H2,1-2H3,(H,24,26)/b12-7+. The minimum atomic E-state index is -3.67. The average molecular weight is 457 g/mol. The number of ether oxygens (including phenoxy) is 2. The topological polar surface area (TPSA) is 107 Å². The molecule has 0 fully saturated rings. The van der Waals surface area contributed by atoms with Gasteiger partial charge in [-0.3, -0.25) is 4.79 Å². The minimum Gasteiger partial charge on any atom is -0.497 e. The van der Waals surface area contributed by atoms with Gasteiger partial charge < -0.3 is 19.2 Å². The highest BCUT2D eigenvalue weighted by Crippen LogP contribution is 2.23. The van der Waals surface area contributed by atoms with Crippen LogP contribution in [0.3, 0.4) is 0 Å². The van der Waals surface area contributed by atoms with Crippen LogP contribution in [0.15, 0.2) is 76.2 Å². The Hall–Kier alpha value is -3.56. The fourth-order valence-electron chi connectivity index (χ4n) is 2.85. The molecule has 9 heteroatoms. The summed E-state index contributed by atoms with van der Waals surface area (Å²) in [4.78, 5) is 12.3. The van der Waals surface area contributed by atoms with Crippen LogP contribution in [0.4, 0.5) is 0 Å². The fourth-order valence-corrected chi connectivity index (χ4v) is 3.85. The van der Waals surface area contributed by atoms with Crippen LogP contribution in [0.5, 0.6) is 11.5 Å². The summed E-state index contributed by atoms with van der Waals surface area (Å²) in [7, 11) is -0.545. The third-order valence-electron chi connectivity index (χ3n) is 4.57. The van der Waals surface area contributed by atoms with Crippen LogP contribution in [0, 0.1) is 0 Å². The quantitative estimate of drug-likeness (QED) is 0.454. The molecule has 0 saturated heterocycles. The summed E-state index contributed by atoms with van der Waals surface area (Å²) in [6.07, 6.45) is 4.46. The predicted molar refractivity (Wildman–Crippen MR) is 120 cm³/mol. The number of carbonyl (C=O) groups is 1. The van der Waals surface area contributed by atoms with Crippen LogP contribution in [0.25, 0.3) is 6.08 Å². The van der Waals surface area contributed by atoms with Crippen LogP contribution >= 0.6 is 0 Å². The number of carbonyl (C=O) groups excluding carboxylic acids is 1. The lowest BCUT2D eigenvalue weighted by Crippen LogP contribution is -2.22. The molecule has 0 unspecified atom stereocenters. The highest BCUT2D eigenvalue weighted by molar-refractivity contribution is 7.89. The van der Waals surface area contributed by atoms with Gasteiger partial charge in [-0.2, -0.15) is 0 Å². The SMILES string of the molecule is COc1ccc(OC)c(CNC(=O)/C=C/c2ccc(S(=O)(=O)NCc3ccco3)cc2)c1. The van der Waals surface area contributed by atoms with Crippen molar-refractivity contribution in [3.05, 3.63) is 83.8 Å². The lowest BCUT2D eigenvalue weighted by molar-refractivity contribution is -0.116. The molecular weight excluding hydrogens is 432 g/mol. The number of hydrogen-bond acceptors (Lipinski definition) is 6. The molecule has 168 valence electrons. The van der Waals surface area contributed by atoms with Crippen molar-refractivity contribution in [2.45, 2.75) is 18.0 Å². The van der Waals surface area contributed by atoms with Crippen LogP contribution in [0.2, 0.25) is 0 Å². The fraction of sp³-hybridized carbons (Fsp3) is 0.174. The third kappa shape index (κ3) is 6.22. The number of benzene rings is 2. The molecule has 3 aromatic rings. The van der Waals surface area contributed by atoms with Gasteiger partial charge in [0.1, 0.15) is 17.3 Å².